The molecule has 0 unspecified atom stereocenters. The first kappa shape index (κ1) is 12.1. The summed E-state index contributed by atoms with van der Waals surface area (Å²) in [6.07, 6.45) is 9.60. The normalized spacial score (nSPS) is 17.4. The van der Waals surface area contributed by atoms with Gasteiger partial charge in [0.2, 0.25) is 0 Å². The molecule has 1 N–H and O–H groups in total. The quantitative estimate of drug-likeness (QED) is 0.811. The van der Waals surface area contributed by atoms with E-state index < -0.39 is 0 Å². The summed E-state index contributed by atoms with van der Waals surface area (Å²) < 4.78 is 0. The summed E-state index contributed by atoms with van der Waals surface area (Å²) in [4.78, 5) is 4.08. The van der Waals surface area contributed by atoms with Crippen molar-refractivity contribution in [2.45, 2.75) is 51.1 Å². The van der Waals surface area contributed by atoms with Gasteiger partial charge in [-0.3, -0.25) is 0 Å². The molecule has 3 nitrogen and oxygen atoms in total. The SMILES string of the molecule is N#Cc1ncccc1CNC1CCCCCC1. The number of hydrogen-bond acceptors (Lipinski definition) is 3. The third kappa shape index (κ3) is 3.54. The van der Waals surface area contributed by atoms with Gasteiger partial charge < -0.3 is 5.32 Å². The van der Waals surface area contributed by atoms with Crippen LogP contribution in [0.1, 0.15) is 49.8 Å². The molecule has 1 fully saturated rings. The summed E-state index contributed by atoms with van der Waals surface area (Å²) in [5, 5.41) is 12.5. The van der Waals surface area contributed by atoms with Crippen LogP contribution in [0.5, 0.6) is 0 Å². The van der Waals surface area contributed by atoms with Crippen molar-refractivity contribution in [1.29, 1.82) is 5.26 Å². The van der Waals surface area contributed by atoms with Gasteiger partial charge in [-0.05, 0) is 18.9 Å². The zero-order chi connectivity index (χ0) is 11.9. The Hall–Kier alpha value is -1.40. The molecular weight excluding hydrogens is 210 g/mol. The largest absolute Gasteiger partial charge is 0.310 e. The van der Waals surface area contributed by atoms with Gasteiger partial charge in [-0.2, -0.15) is 5.26 Å². The number of aromatic nitrogens is 1. The molecule has 17 heavy (non-hydrogen) atoms. The number of rotatable bonds is 3. The Kier molecular flexibility index (Phi) is 4.52. The van der Waals surface area contributed by atoms with E-state index in [0.29, 0.717) is 11.7 Å². The van der Waals surface area contributed by atoms with E-state index >= 15 is 0 Å². The lowest BCUT2D eigenvalue weighted by atomic mass is 10.1. The van der Waals surface area contributed by atoms with Crippen LogP contribution in [-0.2, 0) is 6.54 Å². The van der Waals surface area contributed by atoms with Crippen LogP contribution >= 0.6 is 0 Å². The molecule has 0 aliphatic heterocycles. The van der Waals surface area contributed by atoms with Crippen LogP contribution in [0.3, 0.4) is 0 Å². The summed E-state index contributed by atoms with van der Waals surface area (Å²) in [6, 6.07) is 6.63. The van der Waals surface area contributed by atoms with Gasteiger partial charge in [0.25, 0.3) is 0 Å². The van der Waals surface area contributed by atoms with Gasteiger partial charge in [-0.25, -0.2) is 4.98 Å². The van der Waals surface area contributed by atoms with Crippen LogP contribution in [-0.4, -0.2) is 11.0 Å². The minimum atomic E-state index is 0.550. The third-order valence-electron chi connectivity index (χ3n) is 3.43. The van der Waals surface area contributed by atoms with Crippen LogP contribution in [0.25, 0.3) is 0 Å². The van der Waals surface area contributed by atoms with Crippen molar-refractivity contribution in [2.24, 2.45) is 0 Å². The predicted octanol–water partition coefficient (Wildman–Crippen LogP) is 2.77. The fourth-order valence-corrected chi connectivity index (χ4v) is 2.42. The molecule has 1 saturated carbocycles. The van der Waals surface area contributed by atoms with Crippen molar-refractivity contribution < 1.29 is 0 Å². The zero-order valence-corrected chi connectivity index (χ0v) is 10.2. The lowest BCUT2D eigenvalue weighted by Crippen LogP contribution is -2.28. The molecule has 3 heteroatoms. The first-order valence-electron chi connectivity index (χ1n) is 6.47. The number of nitrogens with one attached hydrogen (secondary N) is 1. The number of nitrogens with zero attached hydrogens (tertiary/aromatic N) is 2. The molecule has 1 aliphatic carbocycles. The van der Waals surface area contributed by atoms with E-state index in [2.05, 4.69) is 16.4 Å². The zero-order valence-electron chi connectivity index (χ0n) is 10.2. The van der Waals surface area contributed by atoms with Gasteiger partial charge >= 0.3 is 0 Å². The van der Waals surface area contributed by atoms with Crippen molar-refractivity contribution in [3.8, 4) is 6.07 Å². The average Bonchev–Trinajstić information content (AvgIpc) is 2.65. The van der Waals surface area contributed by atoms with Gasteiger partial charge in [0.1, 0.15) is 11.8 Å². The van der Waals surface area contributed by atoms with E-state index in [9.17, 15) is 0 Å². The first-order chi connectivity index (χ1) is 8.40. The Morgan fingerprint density at radius 3 is 2.76 bits per heavy atom. The topological polar surface area (TPSA) is 48.7 Å². The van der Waals surface area contributed by atoms with Crippen LogP contribution in [0.2, 0.25) is 0 Å². The summed E-state index contributed by atoms with van der Waals surface area (Å²) >= 11 is 0. The summed E-state index contributed by atoms with van der Waals surface area (Å²) in [7, 11) is 0. The molecule has 0 saturated heterocycles. The molecule has 90 valence electrons. The highest BCUT2D eigenvalue weighted by molar-refractivity contribution is 5.30. The molecule has 0 radical (unpaired) electrons. The molecule has 1 heterocycles. The number of nitriles is 1. The molecule has 0 spiro atoms. The molecular formula is C14H19N3. The lowest BCUT2D eigenvalue weighted by molar-refractivity contribution is 0.458. The standard InChI is InChI=1S/C14H19N3/c15-10-14-12(6-5-9-16-14)11-17-13-7-3-1-2-4-8-13/h5-6,9,13,17H,1-4,7-8,11H2. The third-order valence-corrected chi connectivity index (χ3v) is 3.43. The summed E-state index contributed by atoms with van der Waals surface area (Å²) in [6.45, 7) is 0.765. The van der Waals surface area contributed by atoms with Crippen LogP contribution in [0.4, 0.5) is 0 Å². The van der Waals surface area contributed by atoms with E-state index in [4.69, 9.17) is 5.26 Å². The van der Waals surface area contributed by atoms with Crippen molar-refractivity contribution in [2.75, 3.05) is 0 Å². The second-order valence-corrected chi connectivity index (χ2v) is 4.69. The van der Waals surface area contributed by atoms with Crippen LogP contribution in [0, 0.1) is 11.3 Å². The molecule has 0 atom stereocenters. The van der Waals surface area contributed by atoms with Crippen molar-refractivity contribution in [3.63, 3.8) is 0 Å². The Balaban J connectivity index is 1.90. The Bertz CT molecular complexity index is 387. The van der Waals surface area contributed by atoms with E-state index in [-0.39, 0.29) is 0 Å². The maximum Gasteiger partial charge on any atom is 0.144 e. The molecule has 0 aromatic carbocycles. The minimum Gasteiger partial charge on any atom is -0.310 e. The van der Waals surface area contributed by atoms with E-state index in [1.165, 1.54) is 38.5 Å². The fourth-order valence-electron chi connectivity index (χ4n) is 2.42. The summed E-state index contributed by atoms with van der Waals surface area (Å²) in [5.41, 5.74) is 1.56. The smallest absolute Gasteiger partial charge is 0.144 e. The predicted molar refractivity (Wildman–Crippen MR) is 67.3 cm³/mol. The highest BCUT2D eigenvalue weighted by Gasteiger charge is 2.12. The second kappa shape index (κ2) is 6.36. The van der Waals surface area contributed by atoms with Crippen LogP contribution < -0.4 is 5.32 Å². The van der Waals surface area contributed by atoms with Crippen molar-refractivity contribution in [1.82, 2.24) is 10.3 Å². The fraction of sp³-hybridized carbons (Fsp3) is 0.571. The summed E-state index contributed by atoms with van der Waals surface area (Å²) in [5.74, 6) is 0. The van der Waals surface area contributed by atoms with Gasteiger partial charge in [0.15, 0.2) is 0 Å². The van der Waals surface area contributed by atoms with Crippen molar-refractivity contribution >= 4 is 0 Å². The molecule has 2 rings (SSSR count). The minimum absolute atomic E-state index is 0.550. The average molecular weight is 229 g/mol. The highest BCUT2D eigenvalue weighted by atomic mass is 14.9. The van der Waals surface area contributed by atoms with E-state index in [1.54, 1.807) is 6.20 Å². The Labute approximate surface area is 103 Å². The molecule has 1 aromatic heterocycles. The van der Waals surface area contributed by atoms with E-state index in [1.807, 2.05) is 12.1 Å². The second-order valence-electron chi connectivity index (χ2n) is 4.69. The highest BCUT2D eigenvalue weighted by Crippen LogP contribution is 2.17. The molecule has 1 aliphatic rings. The van der Waals surface area contributed by atoms with Gasteiger partial charge in [0, 0.05) is 24.3 Å². The molecule has 1 aromatic rings. The molecule has 0 bridgehead atoms. The number of pyridine rings is 1. The molecule has 0 amide bonds. The van der Waals surface area contributed by atoms with Gasteiger partial charge in [-0.1, -0.05) is 31.7 Å². The monoisotopic (exact) mass is 229 g/mol. The Morgan fingerprint density at radius 1 is 1.29 bits per heavy atom. The lowest BCUT2D eigenvalue weighted by Gasteiger charge is -2.16. The maximum absolute atomic E-state index is 8.96. The van der Waals surface area contributed by atoms with E-state index in [0.717, 1.165) is 12.1 Å². The Morgan fingerprint density at radius 2 is 2.06 bits per heavy atom. The number of hydrogen-bond donors (Lipinski definition) is 1. The van der Waals surface area contributed by atoms with Crippen LogP contribution in [0.15, 0.2) is 18.3 Å². The van der Waals surface area contributed by atoms with Gasteiger partial charge in [0.05, 0.1) is 0 Å². The van der Waals surface area contributed by atoms with Gasteiger partial charge in [-0.15, -0.1) is 0 Å². The maximum atomic E-state index is 8.96. The van der Waals surface area contributed by atoms with Crippen molar-refractivity contribution in [3.05, 3.63) is 29.6 Å². The first-order valence-corrected chi connectivity index (χ1v) is 6.47.